The number of allylic oxidation sites excluding steroid dienone is 4. The molecule has 3 rings (SSSR count). The fraction of sp³-hybridized carbons (Fsp3) is 0.286. The number of thiazole rings is 1. The Morgan fingerprint density at radius 3 is 2.85 bits per heavy atom. The minimum absolute atomic E-state index is 0.0415. The number of aryl methyl sites for hydroxylation is 1. The summed E-state index contributed by atoms with van der Waals surface area (Å²) in [5.41, 5.74) is 5.37. The Morgan fingerprint density at radius 2 is 2.15 bits per heavy atom. The SMILES string of the molecule is CCOC(=O)c1sc(C2=C(C)NC(C)=CC2c2cccc(C#N)c2)nc1C. The number of hydrogen-bond acceptors (Lipinski definition) is 6. The zero-order valence-corrected chi connectivity index (χ0v) is 16.6. The van der Waals surface area contributed by atoms with Crippen molar-refractivity contribution in [2.75, 3.05) is 6.61 Å². The fourth-order valence-electron chi connectivity index (χ4n) is 3.23. The molecule has 1 aromatic carbocycles. The lowest BCUT2D eigenvalue weighted by atomic mass is 9.86. The molecule has 0 radical (unpaired) electrons. The van der Waals surface area contributed by atoms with Gasteiger partial charge in [0, 0.05) is 22.9 Å². The molecule has 5 nitrogen and oxygen atoms in total. The topological polar surface area (TPSA) is 75.0 Å². The molecule has 6 heteroatoms. The number of nitrogens with zero attached hydrogens (tertiary/aromatic N) is 2. The third kappa shape index (κ3) is 3.79. The molecule has 0 spiro atoms. The second-order valence-electron chi connectivity index (χ2n) is 6.38. The number of nitrogens with one attached hydrogen (secondary N) is 1. The molecule has 1 aliphatic heterocycles. The molecule has 0 amide bonds. The maximum Gasteiger partial charge on any atom is 0.350 e. The maximum absolute atomic E-state index is 12.2. The smallest absolute Gasteiger partial charge is 0.350 e. The summed E-state index contributed by atoms with van der Waals surface area (Å²) in [4.78, 5) is 17.4. The second kappa shape index (κ2) is 7.77. The van der Waals surface area contributed by atoms with E-state index in [1.807, 2.05) is 39.0 Å². The van der Waals surface area contributed by atoms with E-state index in [1.54, 1.807) is 13.0 Å². The van der Waals surface area contributed by atoms with E-state index in [0.717, 1.165) is 27.5 Å². The van der Waals surface area contributed by atoms with E-state index >= 15 is 0 Å². The van der Waals surface area contributed by atoms with Crippen LogP contribution in [0.4, 0.5) is 0 Å². The van der Waals surface area contributed by atoms with Gasteiger partial charge in [0.2, 0.25) is 0 Å². The van der Waals surface area contributed by atoms with Crippen molar-refractivity contribution in [2.45, 2.75) is 33.6 Å². The molecular formula is C21H21N3O2S. The van der Waals surface area contributed by atoms with E-state index in [4.69, 9.17) is 4.74 Å². The van der Waals surface area contributed by atoms with Crippen LogP contribution in [-0.2, 0) is 4.74 Å². The number of carbonyl (C=O) groups excluding carboxylic acids is 1. The van der Waals surface area contributed by atoms with Crippen molar-refractivity contribution in [3.05, 3.63) is 68.4 Å². The first-order chi connectivity index (χ1) is 12.9. The van der Waals surface area contributed by atoms with Crippen molar-refractivity contribution in [1.29, 1.82) is 5.26 Å². The van der Waals surface area contributed by atoms with E-state index in [-0.39, 0.29) is 11.9 Å². The number of dihydropyridines is 1. The van der Waals surface area contributed by atoms with Crippen LogP contribution in [0.25, 0.3) is 5.57 Å². The summed E-state index contributed by atoms with van der Waals surface area (Å²) >= 11 is 1.35. The first-order valence-electron chi connectivity index (χ1n) is 8.75. The molecule has 0 saturated carbocycles. The van der Waals surface area contributed by atoms with Gasteiger partial charge in [-0.1, -0.05) is 18.2 Å². The van der Waals surface area contributed by atoms with Crippen molar-refractivity contribution < 1.29 is 9.53 Å². The van der Waals surface area contributed by atoms with Crippen LogP contribution >= 0.6 is 11.3 Å². The van der Waals surface area contributed by atoms with Crippen LogP contribution in [0.15, 0.2) is 41.7 Å². The standard InChI is InChI=1S/C21H21N3O2S/c1-5-26-21(25)19-14(4)24-20(27-19)18-13(3)23-12(2)9-17(18)16-8-6-7-15(10-16)11-22/h6-10,17,23H,5H2,1-4H3. The van der Waals surface area contributed by atoms with Gasteiger partial charge in [0.05, 0.1) is 23.9 Å². The number of rotatable bonds is 4. The predicted molar refractivity (Wildman–Crippen MR) is 106 cm³/mol. The molecule has 1 unspecified atom stereocenters. The first kappa shape index (κ1) is 18.9. The number of hydrogen-bond donors (Lipinski definition) is 1. The summed E-state index contributed by atoms with van der Waals surface area (Å²) < 4.78 is 5.15. The van der Waals surface area contributed by atoms with Gasteiger partial charge >= 0.3 is 5.97 Å². The number of nitriles is 1. The number of benzene rings is 1. The fourth-order valence-corrected chi connectivity index (χ4v) is 4.33. The van der Waals surface area contributed by atoms with E-state index in [9.17, 15) is 10.1 Å². The van der Waals surface area contributed by atoms with Crippen LogP contribution in [0.5, 0.6) is 0 Å². The van der Waals surface area contributed by atoms with E-state index in [2.05, 4.69) is 22.4 Å². The van der Waals surface area contributed by atoms with E-state index in [0.29, 0.717) is 22.7 Å². The molecule has 1 atom stereocenters. The van der Waals surface area contributed by atoms with E-state index < -0.39 is 0 Å². The van der Waals surface area contributed by atoms with Gasteiger partial charge < -0.3 is 10.1 Å². The number of ether oxygens (including phenoxy) is 1. The zero-order chi connectivity index (χ0) is 19.6. The van der Waals surface area contributed by atoms with Crippen LogP contribution in [-0.4, -0.2) is 17.6 Å². The lowest BCUT2D eigenvalue weighted by Crippen LogP contribution is -2.19. The van der Waals surface area contributed by atoms with Gasteiger partial charge in [0.25, 0.3) is 0 Å². The molecule has 27 heavy (non-hydrogen) atoms. The molecular weight excluding hydrogens is 358 g/mol. The highest BCUT2D eigenvalue weighted by Gasteiger charge is 2.27. The van der Waals surface area contributed by atoms with Crippen LogP contribution in [0.1, 0.15) is 58.2 Å². The summed E-state index contributed by atoms with van der Waals surface area (Å²) in [7, 11) is 0. The molecule has 1 N–H and O–H groups in total. The molecule has 1 aromatic heterocycles. The maximum atomic E-state index is 12.2. The summed E-state index contributed by atoms with van der Waals surface area (Å²) in [6.45, 7) is 7.97. The summed E-state index contributed by atoms with van der Waals surface area (Å²) in [5, 5.41) is 13.4. The van der Waals surface area contributed by atoms with Crippen molar-refractivity contribution in [3.8, 4) is 6.07 Å². The molecule has 1 aliphatic rings. The molecule has 0 fully saturated rings. The quantitative estimate of drug-likeness (QED) is 0.791. The Labute approximate surface area is 163 Å². The van der Waals surface area contributed by atoms with Gasteiger partial charge in [-0.3, -0.25) is 0 Å². The van der Waals surface area contributed by atoms with Gasteiger partial charge in [-0.25, -0.2) is 9.78 Å². The summed E-state index contributed by atoms with van der Waals surface area (Å²) in [6, 6.07) is 9.80. The predicted octanol–water partition coefficient (Wildman–Crippen LogP) is 4.52. The number of aromatic nitrogens is 1. The summed E-state index contributed by atoms with van der Waals surface area (Å²) in [6.07, 6.45) is 2.12. The summed E-state index contributed by atoms with van der Waals surface area (Å²) in [5.74, 6) is -0.379. The Hall–Kier alpha value is -2.91. The highest BCUT2D eigenvalue weighted by molar-refractivity contribution is 7.14. The average molecular weight is 379 g/mol. The van der Waals surface area contributed by atoms with Gasteiger partial charge in [-0.15, -0.1) is 11.3 Å². The van der Waals surface area contributed by atoms with Crippen LogP contribution in [0.3, 0.4) is 0 Å². The van der Waals surface area contributed by atoms with Gasteiger partial charge in [0.1, 0.15) is 9.88 Å². The zero-order valence-electron chi connectivity index (χ0n) is 15.8. The molecule has 2 aromatic rings. The van der Waals surface area contributed by atoms with E-state index in [1.165, 1.54) is 11.3 Å². The molecule has 0 saturated heterocycles. The van der Waals surface area contributed by atoms with Gasteiger partial charge in [-0.05, 0) is 45.4 Å². The lowest BCUT2D eigenvalue weighted by Gasteiger charge is -2.26. The minimum atomic E-state index is -0.337. The molecule has 2 heterocycles. The largest absolute Gasteiger partial charge is 0.462 e. The second-order valence-corrected chi connectivity index (χ2v) is 7.38. The number of esters is 1. The third-order valence-corrected chi connectivity index (χ3v) is 5.55. The highest BCUT2D eigenvalue weighted by atomic mass is 32.1. The van der Waals surface area contributed by atoms with Gasteiger partial charge in [0.15, 0.2) is 0 Å². The van der Waals surface area contributed by atoms with Crippen molar-refractivity contribution >= 4 is 22.9 Å². The third-order valence-electron chi connectivity index (χ3n) is 4.38. The molecule has 138 valence electrons. The lowest BCUT2D eigenvalue weighted by molar-refractivity contribution is 0.0531. The number of carbonyl (C=O) groups is 1. The average Bonchev–Trinajstić information content (AvgIpc) is 3.02. The van der Waals surface area contributed by atoms with Crippen LogP contribution < -0.4 is 5.32 Å². The Bertz CT molecular complexity index is 995. The molecule has 0 bridgehead atoms. The normalized spacial score (nSPS) is 16.4. The van der Waals surface area contributed by atoms with Crippen molar-refractivity contribution in [3.63, 3.8) is 0 Å². The monoisotopic (exact) mass is 379 g/mol. The first-order valence-corrected chi connectivity index (χ1v) is 9.57. The Kier molecular flexibility index (Phi) is 5.43. The van der Waals surface area contributed by atoms with Crippen LogP contribution in [0.2, 0.25) is 0 Å². The minimum Gasteiger partial charge on any atom is -0.462 e. The highest BCUT2D eigenvalue weighted by Crippen LogP contribution is 2.40. The van der Waals surface area contributed by atoms with Gasteiger partial charge in [-0.2, -0.15) is 5.26 Å². The van der Waals surface area contributed by atoms with Crippen molar-refractivity contribution in [2.24, 2.45) is 0 Å². The van der Waals surface area contributed by atoms with Crippen molar-refractivity contribution in [1.82, 2.24) is 10.3 Å². The Morgan fingerprint density at radius 1 is 1.37 bits per heavy atom. The Balaban J connectivity index is 2.09. The van der Waals surface area contributed by atoms with Crippen LogP contribution in [0, 0.1) is 18.3 Å². The molecule has 0 aliphatic carbocycles.